The second-order valence-corrected chi connectivity index (χ2v) is 5.67. The van der Waals surface area contributed by atoms with Crippen LogP contribution < -0.4 is 10.6 Å². The number of allylic oxidation sites excluding steroid dienone is 2. The summed E-state index contributed by atoms with van der Waals surface area (Å²) >= 11 is 0. The number of piperazine rings is 1. The SMILES string of the molecule is CC1=CNCC(c2cccc(CN3CCNCC3)c2)=C1. The van der Waals surface area contributed by atoms with Gasteiger partial charge in [0, 0.05) is 39.3 Å². The van der Waals surface area contributed by atoms with Crippen LogP contribution in [0.25, 0.3) is 5.57 Å². The molecule has 3 heteroatoms. The van der Waals surface area contributed by atoms with Crippen LogP contribution in [0.2, 0.25) is 0 Å². The fraction of sp³-hybridized carbons (Fsp3) is 0.412. The summed E-state index contributed by atoms with van der Waals surface area (Å²) in [5, 5.41) is 6.74. The Morgan fingerprint density at radius 2 is 2.05 bits per heavy atom. The predicted molar refractivity (Wildman–Crippen MR) is 84.3 cm³/mol. The molecular weight excluding hydrogens is 246 g/mol. The van der Waals surface area contributed by atoms with E-state index in [0.717, 1.165) is 39.3 Å². The Balaban J connectivity index is 1.74. The van der Waals surface area contributed by atoms with Crippen LogP contribution in [0.15, 0.2) is 42.1 Å². The van der Waals surface area contributed by atoms with Crippen molar-refractivity contribution in [2.24, 2.45) is 0 Å². The largest absolute Gasteiger partial charge is 0.387 e. The summed E-state index contributed by atoms with van der Waals surface area (Å²) in [6.45, 7) is 8.64. The molecule has 0 amide bonds. The molecule has 2 aliphatic heterocycles. The number of benzene rings is 1. The number of dihydropyridines is 1. The van der Waals surface area contributed by atoms with Gasteiger partial charge in [0.25, 0.3) is 0 Å². The fourth-order valence-corrected chi connectivity index (χ4v) is 2.87. The molecule has 2 N–H and O–H groups in total. The lowest BCUT2D eigenvalue weighted by Gasteiger charge is -2.27. The van der Waals surface area contributed by atoms with Crippen molar-refractivity contribution in [3.63, 3.8) is 0 Å². The van der Waals surface area contributed by atoms with Gasteiger partial charge in [0.15, 0.2) is 0 Å². The Morgan fingerprint density at radius 3 is 2.85 bits per heavy atom. The van der Waals surface area contributed by atoms with Gasteiger partial charge >= 0.3 is 0 Å². The van der Waals surface area contributed by atoms with Crippen LogP contribution in [0.4, 0.5) is 0 Å². The van der Waals surface area contributed by atoms with Gasteiger partial charge in [-0.05, 0) is 35.4 Å². The van der Waals surface area contributed by atoms with Gasteiger partial charge in [-0.25, -0.2) is 0 Å². The second-order valence-electron chi connectivity index (χ2n) is 5.67. The van der Waals surface area contributed by atoms with Crippen LogP contribution >= 0.6 is 0 Å². The molecule has 0 aromatic heterocycles. The summed E-state index contributed by atoms with van der Waals surface area (Å²) in [5.74, 6) is 0. The van der Waals surface area contributed by atoms with Crippen LogP contribution in [0.1, 0.15) is 18.1 Å². The number of hydrogen-bond donors (Lipinski definition) is 2. The van der Waals surface area contributed by atoms with Crippen molar-refractivity contribution in [3.05, 3.63) is 53.2 Å². The summed E-state index contributed by atoms with van der Waals surface area (Å²) in [6.07, 6.45) is 4.36. The van der Waals surface area contributed by atoms with Crippen molar-refractivity contribution in [1.82, 2.24) is 15.5 Å². The van der Waals surface area contributed by atoms with E-state index in [-0.39, 0.29) is 0 Å². The molecule has 0 spiro atoms. The molecule has 20 heavy (non-hydrogen) atoms. The highest BCUT2D eigenvalue weighted by Gasteiger charge is 2.11. The summed E-state index contributed by atoms with van der Waals surface area (Å²) in [6, 6.07) is 8.98. The van der Waals surface area contributed by atoms with Crippen molar-refractivity contribution in [3.8, 4) is 0 Å². The van der Waals surface area contributed by atoms with Crippen molar-refractivity contribution < 1.29 is 0 Å². The first-order valence-corrected chi connectivity index (χ1v) is 7.44. The van der Waals surface area contributed by atoms with E-state index in [4.69, 9.17) is 0 Å². The van der Waals surface area contributed by atoms with Gasteiger partial charge in [-0.3, -0.25) is 4.90 Å². The maximum absolute atomic E-state index is 3.40. The molecule has 1 fully saturated rings. The van der Waals surface area contributed by atoms with Crippen molar-refractivity contribution in [1.29, 1.82) is 0 Å². The first-order chi connectivity index (χ1) is 9.81. The Morgan fingerprint density at radius 1 is 1.20 bits per heavy atom. The molecule has 106 valence electrons. The normalized spacial score (nSPS) is 20.1. The molecule has 0 radical (unpaired) electrons. The monoisotopic (exact) mass is 269 g/mol. The molecule has 1 aromatic rings. The molecule has 3 nitrogen and oxygen atoms in total. The van der Waals surface area contributed by atoms with Gasteiger partial charge in [-0.2, -0.15) is 0 Å². The molecule has 0 unspecified atom stereocenters. The van der Waals surface area contributed by atoms with Crippen LogP contribution in [0.5, 0.6) is 0 Å². The van der Waals surface area contributed by atoms with E-state index in [1.807, 2.05) is 0 Å². The summed E-state index contributed by atoms with van der Waals surface area (Å²) in [7, 11) is 0. The van der Waals surface area contributed by atoms with Gasteiger partial charge in [0.1, 0.15) is 0 Å². The third kappa shape index (κ3) is 3.30. The van der Waals surface area contributed by atoms with Gasteiger partial charge in [-0.1, -0.05) is 30.3 Å². The van der Waals surface area contributed by atoms with E-state index in [9.17, 15) is 0 Å². The summed E-state index contributed by atoms with van der Waals surface area (Å²) in [5.41, 5.74) is 5.43. The van der Waals surface area contributed by atoms with Crippen LogP contribution in [-0.4, -0.2) is 37.6 Å². The van der Waals surface area contributed by atoms with Crippen LogP contribution in [0, 0.1) is 0 Å². The molecule has 3 rings (SSSR count). The van der Waals surface area contributed by atoms with E-state index in [0.29, 0.717) is 0 Å². The van der Waals surface area contributed by atoms with Gasteiger partial charge in [0.05, 0.1) is 0 Å². The van der Waals surface area contributed by atoms with Crippen molar-refractivity contribution in [2.45, 2.75) is 13.5 Å². The third-order valence-corrected chi connectivity index (χ3v) is 3.94. The highest BCUT2D eigenvalue weighted by Crippen LogP contribution is 2.20. The summed E-state index contributed by atoms with van der Waals surface area (Å²) < 4.78 is 0. The molecule has 2 heterocycles. The van der Waals surface area contributed by atoms with E-state index >= 15 is 0 Å². The van der Waals surface area contributed by atoms with Gasteiger partial charge in [0.2, 0.25) is 0 Å². The minimum Gasteiger partial charge on any atom is -0.387 e. The van der Waals surface area contributed by atoms with E-state index in [2.05, 4.69) is 59.0 Å². The molecule has 2 aliphatic rings. The Bertz CT molecular complexity index is 525. The number of nitrogens with zero attached hydrogens (tertiary/aromatic N) is 1. The fourth-order valence-electron chi connectivity index (χ4n) is 2.87. The average Bonchev–Trinajstić information content (AvgIpc) is 2.49. The lowest BCUT2D eigenvalue weighted by Crippen LogP contribution is -2.42. The maximum atomic E-state index is 3.40. The number of rotatable bonds is 3. The molecular formula is C17H23N3. The average molecular weight is 269 g/mol. The molecule has 1 aromatic carbocycles. The minimum atomic E-state index is 0.925. The van der Waals surface area contributed by atoms with Crippen molar-refractivity contribution >= 4 is 5.57 Å². The number of hydrogen-bond acceptors (Lipinski definition) is 3. The molecule has 0 atom stereocenters. The molecule has 0 aliphatic carbocycles. The molecule has 0 bridgehead atoms. The van der Waals surface area contributed by atoms with E-state index in [1.54, 1.807) is 0 Å². The summed E-state index contributed by atoms with van der Waals surface area (Å²) in [4.78, 5) is 2.52. The quantitative estimate of drug-likeness (QED) is 0.878. The van der Waals surface area contributed by atoms with Crippen LogP contribution in [-0.2, 0) is 6.54 Å². The van der Waals surface area contributed by atoms with Gasteiger partial charge < -0.3 is 10.6 Å². The van der Waals surface area contributed by atoms with Crippen molar-refractivity contribution in [2.75, 3.05) is 32.7 Å². The standard InChI is InChI=1S/C17H23N3/c1-14-9-17(12-19-11-14)16-4-2-3-15(10-16)13-20-7-5-18-6-8-20/h2-4,9-11,18-19H,5-8,12-13H2,1H3. The smallest absolute Gasteiger partial charge is 0.0401 e. The van der Waals surface area contributed by atoms with E-state index < -0.39 is 0 Å². The predicted octanol–water partition coefficient (Wildman–Crippen LogP) is 1.98. The highest BCUT2D eigenvalue weighted by molar-refractivity contribution is 5.71. The Labute approximate surface area is 121 Å². The first kappa shape index (κ1) is 13.4. The second kappa shape index (κ2) is 6.25. The van der Waals surface area contributed by atoms with Crippen LogP contribution in [0.3, 0.4) is 0 Å². The van der Waals surface area contributed by atoms with Gasteiger partial charge in [-0.15, -0.1) is 0 Å². The molecule has 1 saturated heterocycles. The third-order valence-electron chi connectivity index (χ3n) is 3.94. The number of nitrogens with one attached hydrogen (secondary N) is 2. The maximum Gasteiger partial charge on any atom is 0.0401 e. The van der Waals surface area contributed by atoms with E-state index in [1.165, 1.54) is 22.3 Å². The molecule has 0 saturated carbocycles. The topological polar surface area (TPSA) is 27.3 Å². The Hall–Kier alpha value is -1.58. The zero-order valence-corrected chi connectivity index (χ0v) is 12.2. The highest BCUT2D eigenvalue weighted by atomic mass is 15.2. The lowest BCUT2D eigenvalue weighted by atomic mass is 9.99. The lowest BCUT2D eigenvalue weighted by molar-refractivity contribution is 0.233. The zero-order chi connectivity index (χ0) is 13.8. The Kier molecular flexibility index (Phi) is 4.19. The first-order valence-electron chi connectivity index (χ1n) is 7.44. The zero-order valence-electron chi connectivity index (χ0n) is 12.2. The minimum absolute atomic E-state index is 0.925.